The fourth-order valence-corrected chi connectivity index (χ4v) is 3.00. The number of carboxylic acids is 1. The molecule has 1 aromatic carbocycles. The summed E-state index contributed by atoms with van der Waals surface area (Å²) in [5, 5.41) is 9.60. The molecule has 0 amide bonds. The molecule has 1 aromatic rings. The number of methoxy groups -OCH3 is 1. The van der Waals surface area contributed by atoms with Crippen molar-refractivity contribution in [3.63, 3.8) is 0 Å². The second-order valence-electron chi connectivity index (χ2n) is 5.88. The Balaban J connectivity index is 2.27. The summed E-state index contributed by atoms with van der Waals surface area (Å²) in [4.78, 5) is 11.7. The third-order valence-electron chi connectivity index (χ3n) is 4.48. The zero-order valence-corrected chi connectivity index (χ0v) is 12.0. The van der Waals surface area contributed by atoms with Gasteiger partial charge in [0.05, 0.1) is 12.5 Å². The molecule has 0 aliphatic heterocycles. The first-order valence-electron chi connectivity index (χ1n) is 7.03. The van der Waals surface area contributed by atoms with Crippen LogP contribution >= 0.6 is 0 Å². The van der Waals surface area contributed by atoms with Crippen molar-refractivity contribution in [3.05, 3.63) is 29.6 Å². The lowest BCUT2D eigenvalue weighted by atomic mass is 9.68. The summed E-state index contributed by atoms with van der Waals surface area (Å²) in [7, 11) is 1.41. The zero-order chi connectivity index (χ0) is 14.8. The van der Waals surface area contributed by atoms with E-state index < -0.39 is 17.2 Å². The fraction of sp³-hybridized carbons (Fsp3) is 0.562. The average Bonchev–Trinajstić information content (AvgIpc) is 2.43. The van der Waals surface area contributed by atoms with Crippen LogP contribution in [0.4, 0.5) is 4.39 Å². The Morgan fingerprint density at radius 3 is 2.65 bits per heavy atom. The minimum atomic E-state index is -0.834. The zero-order valence-electron chi connectivity index (χ0n) is 12.0. The summed E-state index contributed by atoms with van der Waals surface area (Å²) in [6.07, 6.45) is 3.23. The molecule has 0 saturated heterocycles. The van der Waals surface area contributed by atoms with Gasteiger partial charge in [0.1, 0.15) is 0 Å². The first-order valence-corrected chi connectivity index (χ1v) is 7.03. The van der Waals surface area contributed by atoms with Gasteiger partial charge in [-0.15, -0.1) is 0 Å². The van der Waals surface area contributed by atoms with E-state index >= 15 is 0 Å². The van der Waals surface area contributed by atoms with E-state index in [2.05, 4.69) is 6.92 Å². The van der Waals surface area contributed by atoms with E-state index in [1.807, 2.05) is 0 Å². The van der Waals surface area contributed by atoms with Gasteiger partial charge in [-0.1, -0.05) is 19.1 Å². The Morgan fingerprint density at radius 2 is 2.10 bits per heavy atom. The predicted molar refractivity (Wildman–Crippen MR) is 74.4 cm³/mol. The summed E-state index contributed by atoms with van der Waals surface area (Å²) in [5.74, 6) is -0.522. The molecule has 0 bridgehead atoms. The minimum absolute atomic E-state index is 0.173. The van der Waals surface area contributed by atoms with Gasteiger partial charge in [-0.05, 0) is 49.7 Å². The first kappa shape index (κ1) is 14.8. The van der Waals surface area contributed by atoms with Crippen molar-refractivity contribution in [1.29, 1.82) is 0 Å². The number of ether oxygens (including phenoxy) is 1. The van der Waals surface area contributed by atoms with Crippen LogP contribution in [-0.2, 0) is 11.2 Å². The molecule has 0 unspecified atom stereocenters. The second kappa shape index (κ2) is 5.81. The summed E-state index contributed by atoms with van der Waals surface area (Å²) >= 11 is 0. The molecule has 0 spiro atoms. The van der Waals surface area contributed by atoms with Crippen molar-refractivity contribution in [1.82, 2.24) is 0 Å². The van der Waals surface area contributed by atoms with Crippen LogP contribution in [0.2, 0.25) is 0 Å². The Labute approximate surface area is 118 Å². The highest BCUT2D eigenvalue weighted by Gasteiger charge is 2.41. The third kappa shape index (κ3) is 2.79. The van der Waals surface area contributed by atoms with Crippen LogP contribution in [0.25, 0.3) is 0 Å². The number of rotatable bonds is 4. The van der Waals surface area contributed by atoms with Gasteiger partial charge in [-0.2, -0.15) is 0 Å². The molecule has 0 radical (unpaired) electrons. The summed E-state index contributed by atoms with van der Waals surface area (Å²) in [5.41, 5.74) is -0.402. The highest BCUT2D eigenvalue weighted by atomic mass is 19.1. The largest absolute Gasteiger partial charge is 0.494 e. The van der Waals surface area contributed by atoms with Crippen LogP contribution in [0.3, 0.4) is 0 Å². The maximum atomic E-state index is 14.2. The quantitative estimate of drug-likeness (QED) is 0.915. The van der Waals surface area contributed by atoms with E-state index in [4.69, 9.17) is 4.74 Å². The van der Waals surface area contributed by atoms with Gasteiger partial charge in [0, 0.05) is 0 Å². The van der Waals surface area contributed by atoms with Crippen molar-refractivity contribution in [2.45, 2.75) is 39.0 Å². The van der Waals surface area contributed by atoms with E-state index in [0.717, 1.165) is 12.8 Å². The van der Waals surface area contributed by atoms with E-state index in [1.165, 1.54) is 7.11 Å². The lowest BCUT2D eigenvalue weighted by Crippen LogP contribution is -2.37. The van der Waals surface area contributed by atoms with E-state index in [9.17, 15) is 14.3 Å². The molecule has 0 atom stereocenters. The Hall–Kier alpha value is -1.58. The SMILES string of the molecule is COc1cccc(CC2(C(=O)O)CCC(C)CC2)c1F. The lowest BCUT2D eigenvalue weighted by molar-refractivity contribution is -0.151. The summed E-state index contributed by atoms with van der Waals surface area (Å²) in [6, 6.07) is 4.91. The highest BCUT2D eigenvalue weighted by Crippen LogP contribution is 2.42. The van der Waals surface area contributed by atoms with Gasteiger partial charge in [-0.3, -0.25) is 4.79 Å². The van der Waals surface area contributed by atoms with Crippen LogP contribution in [0.1, 0.15) is 38.2 Å². The van der Waals surface area contributed by atoms with Crippen molar-refractivity contribution < 1.29 is 19.0 Å². The minimum Gasteiger partial charge on any atom is -0.494 e. The van der Waals surface area contributed by atoms with Gasteiger partial charge < -0.3 is 9.84 Å². The standard InChI is InChI=1S/C16H21FO3/c1-11-6-8-16(9-7-11,15(18)19)10-12-4-3-5-13(20-2)14(12)17/h3-5,11H,6-10H2,1-2H3,(H,18,19). The Morgan fingerprint density at radius 1 is 1.45 bits per heavy atom. The summed E-state index contributed by atoms with van der Waals surface area (Å²) in [6.45, 7) is 2.14. The van der Waals surface area contributed by atoms with Crippen molar-refractivity contribution in [2.75, 3.05) is 7.11 Å². The van der Waals surface area contributed by atoms with Gasteiger partial charge >= 0.3 is 5.97 Å². The normalized spacial score (nSPS) is 26.2. The molecule has 3 nitrogen and oxygen atoms in total. The molecule has 20 heavy (non-hydrogen) atoms. The average molecular weight is 280 g/mol. The molecule has 1 N–H and O–H groups in total. The molecule has 0 aromatic heterocycles. The molecular formula is C16H21FO3. The van der Waals surface area contributed by atoms with Crippen LogP contribution in [0.5, 0.6) is 5.75 Å². The monoisotopic (exact) mass is 280 g/mol. The maximum Gasteiger partial charge on any atom is 0.309 e. The smallest absolute Gasteiger partial charge is 0.309 e. The molecule has 1 fully saturated rings. The molecule has 2 rings (SSSR count). The molecule has 1 aliphatic rings. The number of hydrogen-bond acceptors (Lipinski definition) is 2. The molecule has 1 saturated carbocycles. The van der Waals surface area contributed by atoms with Gasteiger partial charge in [0.2, 0.25) is 0 Å². The number of benzene rings is 1. The van der Waals surface area contributed by atoms with Gasteiger partial charge in [0.15, 0.2) is 11.6 Å². The fourth-order valence-electron chi connectivity index (χ4n) is 3.00. The van der Waals surface area contributed by atoms with Crippen molar-refractivity contribution >= 4 is 5.97 Å². The number of halogens is 1. The highest BCUT2D eigenvalue weighted by molar-refractivity contribution is 5.75. The van der Waals surface area contributed by atoms with Gasteiger partial charge in [-0.25, -0.2) is 4.39 Å². The van der Waals surface area contributed by atoms with Crippen LogP contribution in [0.15, 0.2) is 18.2 Å². The molecule has 0 heterocycles. The molecule has 4 heteroatoms. The van der Waals surface area contributed by atoms with Gasteiger partial charge in [0.25, 0.3) is 0 Å². The number of carboxylic acid groups (broad SMARTS) is 1. The number of carbonyl (C=O) groups is 1. The van der Waals surface area contributed by atoms with Crippen LogP contribution in [-0.4, -0.2) is 18.2 Å². The van der Waals surface area contributed by atoms with Crippen LogP contribution in [0, 0.1) is 17.2 Å². The summed E-state index contributed by atoms with van der Waals surface area (Å²) < 4.78 is 19.2. The lowest BCUT2D eigenvalue weighted by Gasteiger charge is -2.36. The topological polar surface area (TPSA) is 46.5 Å². The van der Waals surface area contributed by atoms with Crippen LogP contribution < -0.4 is 4.74 Å². The third-order valence-corrected chi connectivity index (χ3v) is 4.48. The first-order chi connectivity index (χ1) is 9.48. The van der Waals surface area contributed by atoms with E-state index in [-0.39, 0.29) is 12.2 Å². The predicted octanol–water partition coefficient (Wildman–Crippen LogP) is 3.66. The Kier molecular flexibility index (Phi) is 4.31. The van der Waals surface area contributed by atoms with Crippen molar-refractivity contribution in [3.8, 4) is 5.75 Å². The number of aliphatic carboxylic acids is 1. The maximum absolute atomic E-state index is 14.2. The molecule has 1 aliphatic carbocycles. The number of hydrogen-bond donors (Lipinski definition) is 1. The van der Waals surface area contributed by atoms with Crippen molar-refractivity contribution in [2.24, 2.45) is 11.3 Å². The second-order valence-corrected chi connectivity index (χ2v) is 5.88. The van der Waals surface area contributed by atoms with E-state index in [0.29, 0.717) is 24.3 Å². The van der Waals surface area contributed by atoms with E-state index in [1.54, 1.807) is 18.2 Å². The molecule has 110 valence electrons. The molecular weight excluding hydrogens is 259 g/mol. The Bertz CT molecular complexity index is 490.